The minimum atomic E-state index is 0.123. The largest absolute Gasteiger partial charge is 0.331 e. The number of carbonyl (C=O) groups excluding carboxylic acids is 1. The number of hydrogen-bond donors (Lipinski definition) is 1. The number of likely N-dealkylation sites (tertiary alicyclic amines) is 1. The Kier molecular flexibility index (Phi) is 3.46. The molecular formula is C14H22N4OS. The SMILES string of the molecule is Cc1nc2c(s1)CNCC21CCN(C(=O)N(C)C)CC1. The van der Waals surface area contributed by atoms with Gasteiger partial charge in [-0.05, 0) is 19.8 Å². The van der Waals surface area contributed by atoms with E-state index in [4.69, 9.17) is 4.98 Å². The Hall–Kier alpha value is -1.14. The first-order chi connectivity index (χ1) is 9.52. The highest BCUT2D eigenvalue weighted by Crippen LogP contribution is 2.40. The van der Waals surface area contributed by atoms with E-state index in [1.165, 1.54) is 10.6 Å². The molecule has 0 unspecified atom stereocenters. The van der Waals surface area contributed by atoms with Crippen molar-refractivity contribution in [1.82, 2.24) is 20.1 Å². The molecule has 3 rings (SSSR count). The van der Waals surface area contributed by atoms with Crippen LogP contribution in [-0.4, -0.2) is 54.5 Å². The highest BCUT2D eigenvalue weighted by Gasteiger charge is 2.42. The Labute approximate surface area is 124 Å². The second-order valence-electron chi connectivity index (χ2n) is 6.05. The number of aromatic nitrogens is 1. The third kappa shape index (κ3) is 2.20. The van der Waals surface area contributed by atoms with Gasteiger partial charge in [0.1, 0.15) is 0 Å². The number of nitrogens with zero attached hydrogens (tertiary/aromatic N) is 3. The highest BCUT2D eigenvalue weighted by molar-refractivity contribution is 7.11. The van der Waals surface area contributed by atoms with Crippen LogP contribution >= 0.6 is 11.3 Å². The van der Waals surface area contributed by atoms with Gasteiger partial charge in [-0.2, -0.15) is 0 Å². The Morgan fingerprint density at radius 3 is 2.75 bits per heavy atom. The van der Waals surface area contributed by atoms with Gasteiger partial charge in [-0.3, -0.25) is 0 Å². The second kappa shape index (κ2) is 5.00. The quantitative estimate of drug-likeness (QED) is 0.790. The van der Waals surface area contributed by atoms with Crippen molar-refractivity contribution in [3.63, 3.8) is 0 Å². The van der Waals surface area contributed by atoms with Crippen molar-refractivity contribution >= 4 is 17.4 Å². The first-order valence-corrected chi connectivity index (χ1v) is 7.97. The van der Waals surface area contributed by atoms with Crippen LogP contribution in [0.4, 0.5) is 4.79 Å². The molecule has 2 amide bonds. The van der Waals surface area contributed by atoms with Crippen molar-refractivity contribution in [2.24, 2.45) is 0 Å². The highest BCUT2D eigenvalue weighted by atomic mass is 32.1. The first-order valence-electron chi connectivity index (χ1n) is 7.16. The van der Waals surface area contributed by atoms with Crippen molar-refractivity contribution in [2.45, 2.75) is 31.7 Å². The van der Waals surface area contributed by atoms with Gasteiger partial charge >= 0.3 is 6.03 Å². The summed E-state index contributed by atoms with van der Waals surface area (Å²) in [4.78, 5) is 21.8. The molecule has 1 spiro atoms. The van der Waals surface area contributed by atoms with Gasteiger partial charge in [-0.15, -0.1) is 11.3 Å². The van der Waals surface area contributed by atoms with Crippen molar-refractivity contribution in [3.05, 3.63) is 15.6 Å². The molecule has 2 aliphatic rings. The van der Waals surface area contributed by atoms with E-state index >= 15 is 0 Å². The molecule has 110 valence electrons. The summed E-state index contributed by atoms with van der Waals surface area (Å²) < 4.78 is 0. The summed E-state index contributed by atoms with van der Waals surface area (Å²) in [6, 6.07) is 0.123. The molecule has 1 fully saturated rings. The summed E-state index contributed by atoms with van der Waals surface area (Å²) in [5.41, 5.74) is 1.44. The molecule has 0 aliphatic carbocycles. The van der Waals surface area contributed by atoms with E-state index in [2.05, 4.69) is 12.2 Å². The standard InChI is InChI=1S/C14H22N4OS/c1-10-16-12-11(20-10)8-15-9-14(12)4-6-18(7-5-14)13(19)17(2)3/h15H,4-9H2,1-3H3. The minimum Gasteiger partial charge on any atom is -0.331 e. The number of aryl methyl sites for hydroxylation is 1. The molecule has 3 heterocycles. The Balaban J connectivity index is 1.79. The zero-order chi connectivity index (χ0) is 14.3. The van der Waals surface area contributed by atoms with Gasteiger partial charge in [0, 0.05) is 50.6 Å². The predicted molar refractivity (Wildman–Crippen MR) is 80.1 cm³/mol. The summed E-state index contributed by atoms with van der Waals surface area (Å²) in [5, 5.41) is 4.70. The topological polar surface area (TPSA) is 48.5 Å². The van der Waals surface area contributed by atoms with Crippen LogP contribution in [0, 0.1) is 6.92 Å². The van der Waals surface area contributed by atoms with E-state index in [0.717, 1.165) is 44.0 Å². The van der Waals surface area contributed by atoms with Gasteiger partial charge in [0.2, 0.25) is 0 Å². The summed E-state index contributed by atoms with van der Waals surface area (Å²) in [6.07, 6.45) is 2.02. The van der Waals surface area contributed by atoms with Crippen molar-refractivity contribution in [2.75, 3.05) is 33.7 Å². The zero-order valence-electron chi connectivity index (χ0n) is 12.4. The maximum absolute atomic E-state index is 12.0. The number of hydrogen-bond acceptors (Lipinski definition) is 4. The van der Waals surface area contributed by atoms with E-state index in [1.54, 1.807) is 4.90 Å². The summed E-state index contributed by atoms with van der Waals surface area (Å²) in [5.74, 6) is 0. The maximum atomic E-state index is 12.0. The van der Waals surface area contributed by atoms with Crippen LogP contribution in [0.15, 0.2) is 0 Å². The second-order valence-corrected chi connectivity index (χ2v) is 7.34. The van der Waals surface area contributed by atoms with Gasteiger partial charge in [-0.1, -0.05) is 0 Å². The van der Waals surface area contributed by atoms with Crippen LogP contribution in [-0.2, 0) is 12.0 Å². The van der Waals surface area contributed by atoms with Gasteiger partial charge in [0.15, 0.2) is 0 Å². The lowest BCUT2D eigenvalue weighted by molar-refractivity contribution is 0.132. The number of urea groups is 1. The fraction of sp³-hybridized carbons (Fsp3) is 0.714. The Bertz CT molecular complexity index is 517. The fourth-order valence-corrected chi connectivity index (χ4v) is 4.35. The molecule has 1 aromatic rings. The number of rotatable bonds is 0. The van der Waals surface area contributed by atoms with Crippen LogP contribution in [0.1, 0.15) is 28.4 Å². The van der Waals surface area contributed by atoms with Crippen LogP contribution in [0.3, 0.4) is 0 Å². The van der Waals surface area contributed by atoms with Crippen LogP contribution in [0.2, 0.25) is 0 Å². The Morgan fingerprint density at radius 2 is 2.10 bits per heavy atom. The number of amides is 2. The lowest BCUT2D eigenvalue weighted by Crippen LogP contribution is -2.53. The maximum Gasteiger partial charge on any atom is 0.319 e. The summed E-state index contributed by atoms with van der Waals surface area (Å²) in [7, 11) is 3.63. The van der Waals surface area contributed by atoms with Crippen LogP contribution in [0.5, 0.6) is 0 Å². The molecule has 0 atom stereocenters. The lowest BCUT2D eigenvalue weighted by atomic mass is 9.73. The van der Waals surface area contributed by atoms with Gasteiger partial charge in [0.25, 0.3) is 0 Å². The monoisotopic (exact) mass is 294 g/mol. The molecule has 0 aromatic carbocycles. The lowest BCUT2D eigenvalue weighted by Gasteiger charge is -2.44. The molecule has 1 saturated heterocycles. The van der Waals surface area contributed by atoms with E-state index in [1.807, 2.05) is 30.3 Å². The van der Waals surface area contributed by atoms with Crippen LogP contribution in [0.25, 0.3) is 0 Å². The van der Waals surface area contributed by atoms with Gasteiger partial charge in [0.05, 0.1) is 10.7 Å². The molecule has 2 aliphatic heterocycles. The predicted octanol–water partition coefficient (Wildman–Crippen LogP) is 1.57. The molecule has 1 N–H and O–H groups in total. The van der Waals surface area contributed by atoms with E-state index < -0.39 is 0 Å². The fourth-order valence-electron chi connectivity index (χ4n) is 3.32. The smallest absolute Gasteiger partial charge is 0.319 e. The molecule has 20 heavy (non-hydrogen) atoms. The van der Waals surface area contributed by atoms with Crippen LogP contribution < -0.4 is 5.32 Å². The number of fused-ring (bicyclic) bond motifs is 2. The third-order valence-corrected chi connectivity index (χ3v) is 5.40. The van der Waals surface area contributed by atoms with E-state index in [-0.39, 0.29) is 11.4 Å². The van der Waals surface area contributed by atoms with Crippen molar-refractivity contribution < 1.29 is 4.79 Å². The molecule has 1 aromatic heterocycles. The minimum absolute atomic E-state index is 0.123. The molecule has 5 nitrogen and oxygen atoms in total. The Morgan fingerprint density at radius 1 is 1.40 bits per heavy atom. The number of piperidine rings is 1. The van der Waals surface area contributed by atoms with Crippen molar-refractivity contribution in [1.29, 1.82) is 0 Å². The molecular weight excluding hydrogens is 272 g/mol. The average molecular weight is 294 g/mol. The molecule has 0 saturated carbocycles. The van der Waals surface area contributed by atoms with Gasteiger partial charge in [-0.25, -0.2) is 9.78 Å². The average Bonchev–Trinajstić information content (AvgIpc) is 2.81. The van der Waals surface area contributed by atoms with Gasteiger partial charge < -0.3 is 15.1 Å². The number of carbonyl (C=O) groups is 1. The number of thiazole rings is 1. The molecule has 0 radical (unpaired) electrons. The molecule has 0 bridgehead atoms. The summed E-state index contributed by atoms with van der Waals surface area (Å²) in [6.45, 7) is 5.68. The van der Waals surface area contributed by atoms with E-state index in [9.17, 15) is 4.79 Å². The molecule has 6 heteroatoms. The van der Waals surface area contributed by atoms with Crippen molar-refractivity contribution in [3.8, 4) is 0 Å². The summed E-state index contributed by atoms with van der Waals surface area (Å²) >= 11 is 1.81. The first kappa shape index (κ1) is 13.8. The normalized spacial score (nSPS) is 20.9. The zero-order valence-corrected chi connectivity index (χ0v) is 13.2. The van der Waals surface area contributed by atoms with E-state index in [0.29, 0.717) is 0 Å². The number of nitrogens with one attached hydrogen (secondary N) is 1. The third-order valence-electron chi connectivity index (χ3n) is 4.43.